The second-order valence-corrected chi connectivity index (χ2v) is 13.6. The third kappa shape index (κ3) is 6.31. The predicted octanol–water partition coefficient (Wildman–Crippen LogP) is 6.87. The molecular weight excluding hydrogens is 597 g/mol. The number of piperazine rings is 1. The SMILES string of the molecule is CN(C)CCCOc1nc(N2C[C@H]3CC[C@@H](C2)N3C(=O)OC(C)(C)C)c2cc(Cl)c(-c3cc(O)cc4ccccc34)c(F)c2n1. The first-order valence-corrected chi connectivity index (χ1v) is 15.7. The second kappa shape index (κ2) is 12.1. The number of fused-ring (bicyclic) bond motifs is 4. The number of carbonyl (C=O) groups is 1. The number of nitrogens with zero attached hydrogens (tertiary/aromatic N) is 5. The third-order valence-electron chi connectivity index (χ3n) is 8.33. The van der Waals surface area contributed by atoms with Crippen LogP contribution in [0.15, 0.2) is 42.5 Å². The van der Waals surface area contributed by atoms with E-state index in [0.717, 1.165) is 36.6 Å². The minimum atomic E-state index is -0.620. The van der Waals surface area contributed by atoms with E-state index in [9.17, 15) is 9.90 Å². The summed E-state index contributed by atoms with van der Waals surface area (Å²) in [6.45, 7) is 7.77. The number of ether oxygens (including phenoxy) is 2. The minimum Gasteiger partial charge on any atom is -0.508 e. The number of aromatic hydroxyl groups is 1. The molecule has 2 aliphatic heterocycles. The number of benzene rings is 3. The summed E-state index contributed by atoms with van der Waals surface area (Å²) in [6, 6.07) is 12.2. The van der Waals surface area contributed by atoms with E-state index in [2.05, 4.69) is 14.8 Å². The van der Waals surface area contributed by atoms with Crippen molar-refractivity contribution in [2.45, 2.75) is 57.7 Å². The van der Waals surface area contributed by atoms with Crippen LogP contribution in [0.25, 0.3) is 32.8 Å². The summed E-state index contributed by atoms with van der Waals surface area (Å²) in [4.78, 5) is 28.5. The van der Waals surface area contributed by atoms with E-state index in [-0.39, 0.29) is 46.0 Å². The van der Waals surface area contributed by atoms with Crippen molar-refractivity contribution in [1.82, 2.24) is 19.8 Å². The maximum atomic E-state index is 16.8. The van der Waals surface area contributed by atoms with Gasteiger partial charge in [-0.1, -0.05) is 35.9 Å². The maximum Gasteiger partial charge on any atom is 0.410 e. The number of rotatable bonds is 7. The van der Waals surface area contributed by atoms with Crippen molar-refractivity contribution < 1.29 is 23.8 Å². The largest absolute Gasteiger partial charge is 0.508 e. The normalized spacial score (nSPS) is 18.3. The molecule has 0 aliphatic carbocycles. The van der Waals surface area contributed by atoms with Gasteiger partial charge in [-0.15, -0.1) is 0 Å². The lowest BCUT2D eigenvalue weighted by molar-refractivity contribution is 0.0122. The Morgan fingerprint density at radius 3 is 2.49 bits per heavy atom. The lowest BCUT2D eigenvalue weighted by Gasteiger charge is -2.42. The molecule has 3 heterocycles. The summed E-state index contributed by atoms with van der Waals surface area (Å²) in [5.41, 5.74) is 0.0978. The molecule has 9 nitrogen and oxygen atoms in total. The van der Waals surface area contributed by atoms with Gasteiger partial charge in [0, 0.05) is 30.6 Å². The first-order valence-electron chi connectivity index (χ1n) is 15.4. The predicted molar refractivity (Wildman–Crippen MR) is 175 cm³/mol. The molecule has 1 amide bonds. The molecule has 11 heteroatoms. The molecule has 0 saturated carbocycles. The van der Waals surface area contributed by atoms with Gasteiger partial charge in [0.2, 0.25) is 0 Å². The van der Waals surface area contributed by atoms with Gasteiger partial charge in [0.15, 0.2) is 5.82 Å². The summed E-state index contributed by atoms with van der Waals surface area (Å²) in [5.74, 6) is -0.104. The van der Waals surface area contributed by atoms with Crippen LogP contribution >= 0.6 is 11.6 Å². The standard InChI is InChI=1S/C34H39ClFN5O4/c1-34(2,3)45-33(43)41-21-11-12-22(41)19-40(18-21)31-26-17-27(35)28(25-16-23(42)15-20-9-6-7-10-24(20)25)29(36)30(26)37-32(38-31)44-14-8-13-39(4)5/h6-7,9-10,15-17,21-22,42H,8,11-14,18-19H2,1-5H3/t21-,22+. The highest BCUT2D eigenvalue weighted by molar-refractivity contribution is 6.35. The molecule has 2 bridgehead atoms. The van der Waals surface area contributed by atoms with Crippen LogP contribution < -0.4 is 9.64 Å². The van der Waals surface area contributed by atoms with E-state index >= 15 is 4.39 Å². The van der Waals surface area contributed by atoms with Gasteiger partial charge in [-0.25, -0.2) is 9.18 Å². The molecule has 2 fully saturated rings. The smallest absolute Gasteiger partial charge is 0.410 e. The first kappa shape index (κ1) is 31.1. The van der Waals surface area contributed by atoms with Crippen LogP contribution in [0.5, 0.6) is 11.8 Å². The van der Waals surface area contributed by atoms with E-state index < -0.39 is 11.4 Å². The number of carbonyl (C=O) groups excluding carboxylic acids is 1. The zero-order valence-electron chi connectivity index (χ0n) is 26.3. The maximum absolute atomic E-state index is 16.8. The number of phenols is 1. The van der Waals surface area contributed by atoms with Gasteiger partial charge in [0.05, 0.1) is 23.7 Å². The van der Waals surface area contributed by atoms with Crippen molar-refractivity contribution in [2.75, 3.05) is 45.2 Å². The summed E-state index contributed by atoms with van der Waals surface area (Å²) in [6.07, 6.45) is 2.10. The molecule has 238 valence electrons. The van der Waals surface area contributed by atoms with Gasteiger partial charge < -0.3 is 24.4 Å². The lowest BCUT2D eigenvalue weighted by atomic mass is 9.96. The van der Waals surface area contributed by atoms with Crippen LogP contribution in [-0.2, 0) is 4.74 Å². The van der Waals surface area contributed by atoms with E-state index in [1.807, 2.05) is 64.0 Å². The van der Waals surface area contributed by atoms with Crippen molar-refractivity contribution in [1.29, 1.82) is 0 Å². The molecule has 3 aromatic carbocycles. The highest BCUT2D eigenvalue weighted by Gasteiger charge is 2.45. The Balaban J connectivity index is 1.44. The molecular formula is C34H39ClFN5O4. The molecule has 4 aromatic rings. The lowest BCUT2D eigenvalue weighted by Crippen LogP contribution is -2.57. The van der Waals surface area contributed by atoms with E-state index in [0.29, 0.717) is 36.5 Å². The fourth-order valence-electron chi connectivity index (χ4n) is 6.45. The molecule has 45 heavy (non-hydrogen) atoms. The Morgan fingerprint density at radius 1 is 1.09 bits per heavy atom. The van der Waals surface area contributed by atoms with Crippen LogP contribution in [0.1, 0.15) is 40.0 Å². The zero-order chi connectivity index (χ0) is 32.0. The molecule has 0 spiro atoms. The number of hydrogen-bond donors (Lipinski definition) is 1. The zero-order valence-corrected chi connectivity index (χ0v) is 27.1. The number of halogens is 2. The van der Waals surface area contributed by atoms with Crippen LogP contribution in [-0.4, -0.2) is 89.0 Å². The topological polar surface area (TPSA) is 91.3 Å². The second-order valence-electron chi connectivity index (χ2n) is 13.2. The third-order valence-corrected chi connectivity index (χ3v) is 8.62. The molecule has 0 unspecified atom stereocenters. The van der Waals surface area contributed by atoms with Gasteiger partial charge in [-0.05, 0) is 88.7 Å². The number of phenolic OH excluding ortho intramolecular Hbond substituents is 1. The van der Waals surface area contributed by atoms with Crippen LogP contribution in [0.4, 0.5) is 15.0 Å². The summed E-state index contributed by atoms with van der Waals surface area (Å²) in [7, 11) is 3.98. The molecule has 2 aliphatic rings. The van der Waals surface area contributed by atoms with Gasteiger partial charge in [-0.3, -0.25) is 4.90 Å². The molecule has 2 saturated heterocycles. The Bertz CT molecular complexity index is 1750. The highest BCUT2D eigenvalue weighted by atomic mass is 35.5. The van der Waals surface area contributed by atoms with Gasteiger partial charge in [0.1, 0.15) is 22.7 Å². The van der Waals surface area contributed by atoms with Gasteiger partial charge in [-0.2, -0.15) is 9.97 Å². The van der Waals surface area contributed by atoms with Crippen molar-refractivity contribution >= 4 is 45.2 Å². The van der Waals surface area contributed by atoms with Crippen molar-refractivity contribution in [3.63, 3.8) is 0 Å². The van der Waals surface area contributed by atoms with E-state index in [4.69, 9.17) is 26.1 Å². The van der Waals surface area contributed by atoms with Gasteiger partial charge >= 0.3 is 12.1 Å². The van der Waals surface area contributed by atoms with Crippen LogP contribution in [0.2, 0.25) is 5.02 Å². The van der Waals surface area contributed by atoms with Crippen LogP contribution in [0.3, 0.4) is 0 Å². The monoisotopic (exact) mass is 635 g/mol. The average Bonchev–Trinajstić information content (AvgIpc) is 3.23. The van der Waals surface area contributed by atoms with Gasteiger partial charge in [0.25, 0.3) is 0 Å². The fraction of sp³-hybridized carbons (Fsp3) is 0.441. The Labute approximate surface area is 267 Å². The highest BCUT2D eigenvalue weighted by Crippen LogP contribution is 2.43. The van der Waals surface area contributed by atoms with Crippen molar-refractivity contribution in [2.24, 2.45) is 0 Å². The molecule has 0 radical (unpaired) electrons. The molecule has 6 rings (SSSR count). The molecule has 2 atom stereocenters. The Kier molecular flexibility index (Phi) is 8.39. The number of amides is 1. The van der Waals surface area contributed by atoms with Crippen LogP contribution in [0, 0.1) is 5.82 Å². The quantitative estimate of drug-likeness (QED) is 0.220. The number of hydrogen-bond acceptors (Lipinski definition) is 8. The summed E-state index contributed by atoms with van der Waals surface area (Å²) in [5, 5.41) is 12.6. The van der Waals surface area contributed by atoms with E-state index in [1.165, 1.54) is 6.07 Å². The number of anilines is 1. The number of aromatic nitrogens is 2. The minimum absolute atomic E-state index is 0.00545. The Hall–Kier alpha value is -3.89. The van der Waals surface area contributed by atoms with Crippen molar-refractivity contribution in [3.8, 4) is 22.9 Å². The molecule has 1 N–H and O–H groups in total. The average molecular weight is 636 g/mol. The molecule has 1 aromatic heterocycles. The van der Waals surface area contributed by atoms with E-state index in [1.54, 1.807) is 12.1 Å². The fourth-order valence-corrected chi connectivity index (χ4v) is 6.74. The first-order chi connectivity index (χ1) is 21.4. The summed E-state index contributed by atoms with van der Waals surface area (Å²) >= 11 is 6.87. The Morgan fingerprint density at radius 2 is 1.80 bits per heavy atom. The summed E-state index contributed by atoms with van der Waals surface area (Å²) < 4.78 is 28.5. The van der Waals surface area contributed by atoms with Crippen molar-refractivity contribution in [3.05, 3.63) is 53.3 Å².